The van der Waals surface area contributed by atoms with Gasteiger partial charge in [0, 0.05) is 31.3 Å². The first kappa shape index (κ1) is 16.3. The van der Waals surface area contributed by atoms with Gasteiger partial charge in [-0.25, -0.2) is 0 Å². The highest BCUT2D eigenvalue weighted by molar-refractivity contribution is 6.43. The fourth-order valence-corrected chi connectivity index (χ4v) is 3.30. The molecule has 4 rings (SSSR count). The molecule has 2 aliphatic rings. The molecule has 0 unspecified atom stereocenters. The lowest BCUT2D eigenvalue weighted by Crippen LogP contribution is -2.31. The van der Waals surface area contributed by atoms with E-state index in [2.05, 4.69) is 10.5 Å². The molecule has 2 aliphatic heterocycles. The molecule has 0 radical (unpaired) electrons. The maximum atomic E-state index is 12.5. The summed E-state index contributed by atoms with van der Waals surface area (Å²) in [5, 5.41) is 6.83. The Bertz CT molecular complexity index is 892. The van der Waals surface area contributed by atoms with Gasteiger partial charge in [-0.05, 0) is 35.7 Å². The highest BCUT2D eigenvalue weighted by atomic mass is 16.6. The average Bonchev–Trinajstić information content (AvgIpc) is 3.16. The van der Waals surface area contributed by atoms with E-state index in [0.717, 1.165) is 16.8 Å². The van der Waals surface area contributed by atoms with Crippen molar-refractivity contribution in [1.29, 1.82) is 0 Å². The number of aryl methyl sites for hydroxylation is 1. The molecule has 6 heteroatoms. The van der Waals surface area contributed by atoms with Gasteiger partial charge in [-0.15, -0.1) is 0 Å². The van der Waals surface area contributed by atoms with E-state index in [1.54, 1.807) is 18.0 Å². The molecule has 132 valence electrons. The van der Waals surface area contributed by atoms with Gasteiger partial charge in [0.15, 0.2) is 6.10 Å². The van der Waals surface area contributed by atoms with Crippen LogP contribution < -0.4 is 10.2 Å². The Morgan fingerprint density at radius 1 is 1.19 bits per heavy atom. The second kappa shape index (κ2) is 6.63. The zero-order valence-corrected chi connectivity index (χ0v) is 14.4. The number of benzene rings is 2. The molecule has 0 fully saturated rings. The number of fused-ring (bicyclic) bond motifs is 1. The van der Waals surface area contributed by atoms with Gasteiger partial charge in [0.25, 0.3) is 5.91 Å². The fourth-order valence-electron chi connectivity index (χ4n) is 3.30. The topological polar surface area (TPSA) is 71.0 Å². The van der Waals surface area contributed by atoms with Crippen LogP contribution in [0.25, 0.3) is 0 Å². The summed E-state index contributed by atoms with van der Waals surface area (Å²) < 4.78 is 0. The van der Waals surface area contributed by atoms with Gasteiger partial charge in [-0.3, -0.25) is 9.59 Å². The molecule has 26 heavy (non-hydrogen) atoms. The van der Waals surface area contributed by atoms with Gasteiger partial charge in [0.05, 0.1) is 0 Å². The number of carbonyl (C=O) groups excluding carboxylic acids is 2. The molecule has 1 N–H and O–H groups in total. The number of rotatable bonds is 3. The molecule has 0 saturated carbocycles. The Morgan fingerprint density at radius 2 is 2.00 bits per heavy atom. The summed E-state index contributed by atoms with van der Waals surface area (Å²) >= 11 is 0. The highest BCUT2D eigenvalue weighted by Crippen LogP contribution is 2.30. The van der Waals surface area contributed by atoms with Crippen LogP contribution in [-0.4, -0.2) is 24.6 Å². The number of hydrogen-bond acceptors (Lipinski definition) is 4. The van der Waals surface area contributed by atoms with Crippen molar-refractivity contribution in [2.45, 2.75) is 25.4 Å². The monoisotopic (exact) mass is 349 g/mol. The number of anilines is 2. The van der Waals surface area contributed by atoms with Gasteiger partial charge >= 0.3 is 0 Å². The molecule has 0 aliphatic carbocycles. The van der Waals surface area contributed by atoms with Gasteiger partial charge < -0.3 is 15.1 Å². The van der Waals surface area contributed by atoms with E-state index in [-0.39, 0.29) is 17.9 Å². The van der Waals surface area contributed by atoms with Gasteiger partial charge in [-0.1, -0.05) is 35.5 Å². The number of hydrogen-bond donors (Lipinski definition) is 1. The van der Waals surface area contributed by atoms with Crippen molar-refractivity contribution >= 4 is 28.9 Å². The van der Waals surface area contributed by atoms with E-state index in [1.807, 2.05) is 42.5 Å². The van der Waals surface area contributed by atoms with Crippen LogP contribution in [0.1, 0.15) is 30.1 Å². The van der Waals surface area contributed by atoms with Crippen LogP contribution in [-0.2, 0) is 20.8 Å². The smallest absolute Gasteiger partial charge is 0.273 e. The Labute approximate surface area is 151 Å². The van der Waals surface area contributed by atoms with Crippen LogP contribution in [0.2, 0.25) is 0 Å². The quantitative estimate of drug-likeness (QED) is 0.926. The first-order chi connectivity index (χ1) is 12.6. The van der Waals surface area contributed by atoms with E-state index < -0.39 is 0 Å². The predicted molar refractivity (Wildman–Crippen MR) is 99.1 cm³/mol. The van der Waals surface area contributed by atoms with Crippen LogP contribution in [0.5, 0.6) is 0 Å². The Hall–Kier alpha value is -3.15. The highest BCUT2D eigenvalue weighted by Gasteiger charge is 2.28. The number of amides is 2. The van der Waals surface area contributed by atoms with Crippen molar-refractivity contribution in [1.82, 2.24) is 0 Å². The molecule has 0 bridgehead atoms. The summed E-state index contributed by atoms with van der Waals surface area (Å²) in [6.45, 7) is 0. The minimum Gasteiger partial charge on any atom is -0.387 e. The van der Waals surface area contributed by atoms with Crippen molar-refractivity contribution in [2.75, 3.05) is 17.3 Å². The third-order valence-electron chi connectivity index (χ3n) is 4.78. The standard InChI is InChI=1S/C20H19N3O3/c1-23-17-9-8-15(11-14(17)7-10-19(23)24)21-20(25)16-12-18(26-22-16)13-5-3-2-4-6-13/h2-6,8-9,11,18H,7,10,12H2,1H3,(H,21,25)/t18-/m1/s1. The van der Waals surface area contributed by atoms with Gasteiger partial charge in [0.1, 0.15) is 5.71 Å². The molecular formula is C20H19N3O3. The Balaban J connectivity index is 1.44. The van der Waals surface area contributed by atoms with Crippen LogP contribution in [0.3, 0.4) is 0 Å². The van der Waals surface area contributed by atoms with Gasteiger partial charge in [-0.2, -0.15) is 0 Å². The second-order valence-corrected chi connectivity index (χ2v) is 6.50. The average molecular weight is 349 g/mol. The lowest BCUT2D eigenvalue weighted by molar-refractivity contribution is -0.118. The molecule has 2 amide bonds. The van der Waals surface area contributed by atoms with Crippen molar-refractivity contribution in [3.63, 3.8) is 0 Å². The van der Waals surface area contributed by atoms with Crippen LogP contribution >= 0.6 is 0 Å². The fraction of sp³-hybridized carbons (Fsp3) is 0.250. The minimum absolute atomic E-state index is 0.110. The summed E-state index contributed by atoms with van der Waals surface area (Å²) in [6, 6.07) is 15.3. The van der Waals surface area contributed by atoms with Gasteiger partial charge in [0.2, 0.25) is 5.91 Å². The first-order valence-corrected chi connectivity index (χ1v) is 8.60. The van der Waals surface area contributed by atoms with Crippen molar-refractivity contribution in [2.24, 2.45) is 5.16 Å². The maximum Gasteiger partial charge on any atom is 0.273 e. The third-order valence-corrected chi connectivity index (χ3v) is 4.78. The lowest BCUT2D eigenvalue weighted by atomic mass is 10.0. The van der Waals surface area contributed by atoms with E-state index in [9.17, 15) is 9.59 Å². The zero-order chi connectivity index (χ0) is 18.1. The second-order valence-electron chi connectivity index (χ2n) is 6.50. The molecule has 0 aromatic heterocycles. The zero-order valence-electron chi connectivity index (χ0n) is 14.4. The molecule has 0 saturated heterocycles. The first-order valence-electron chi connectivity index (χ1n) is 8.60. The minimum atomic E-state index is -0.261. The molecule has 6 nitrogen and oxygen atoms in total. The molecule has 1 atom stereocenters. The van der Waals surface area contributed by atoms with Crippen LogP contribution in [0, 0.1) is 0 Å². The third kappa shape index (κ3) is 3.06. The molecule has 2 heterocycles. The Kier molecular flexibility index (Phi) is 4.16. The Morgan fingerprint density at radius 3 is 2.81 bits per heavy atom. The van der Waals surface area contributed by atoms with E-state index >= 15 is 0 Å². The maximum absolute atomic E-state index is 12.5. The summed E-state index contributed by atoms with van der Waals surface area (Å²) in [4.78, 5) is 31.3. The van der Waals surface area contributed by atoms with Crippen LogP contribution in [0.4, 0.5) is 11.4 Å². The van der Waals surface area contributed by atoms with Crippen molar-refractivity contribution in [3.8, 4) is 0 Å². The number of carbonyl (C=O) groups is 2. The van der Waals surface area contributed by atoms with E-state index in [1.165, 1.54) is 0 Å². The van der Waals surface area contributed by atoms with Crippen molar-refractivity contribution in [3.05, 3.63) is 59.7 Å². The van der Waals surface area contributed by atoms with Crippen LogP contribution in [0.15, 0.2) is 53.7 Å². The molecule has 2 aromatic carbocycles. The number of nitrogens with one attached hydrogen (secondary N) is 1. The number of nitrogens with zero attached hydrogens (tertiary/aromatic N) is 2. The molecule has 0 spiro atoms. The lowest BCUT2D eigenvalue weighted by Gasteiger charge is -2.26. The number of oxime groups is 1. The largest absolute Gasteiger partial charge is 0.387 e. The molecular weight excluding hydrogens is 330 g/mol. The SMILES string of the molecule is CN1C(=O)CCc2cc(NC(=O)C3=NO[C@@H](c4ccccc4)C3)ccc21. The summed E-state index contributed by atoms with van der Waals surface area (Å²) in [6.07, 6.45) is 1.39. The predicted octanol–water partition coefficient (Wildman–Crippen LogP) is 3.05. The normalized spacial score (nSPS) is 18.8. The summed E-state index contributed by atoms with van der Waals surface area (Å²) in [5.74, 6) is -0.151. The summed E-state index contributed by atoms with van der Waals surface area (Å²) in [5.41, 5.74) is 4.02. The summed E-state index contributed by atoms with van der Waals surface area (Å²) in [7, 11) is 1.77. The van der Waals surface area contributed by atoms with E-state index in [4.69, 9.17) is 4.84 Å². The van der Waals surface area contributed by atoms with E-state index in [0.29, 0.717) is 30.7 Å². The van der Waals surface area contributed by atoms with Crippen molar-refractivity contribution < 1.29 is 14.4 Å². The molecule has 2 aromatic rings.